The van der Waals surface area contributed by atoms with E-state index in [2.05, 4.69) is 15.5 Å². The van der Waals surface area contributed by atoms with Gasteiger partial charge in [0.05, 0.1) is 6.54 Å². The second kappa shape index (κ2) is 8.95. The van der Waals surface area contributed by atoms with E-state index in [1.165, 1.54) is 16.8 Å². The van der Waals surface area contributed by atoms with E-state index >= 15 is 0 Å². The summed E-state index contributed by atoms with van der Waals surface area (Å²) in [4.78, 5) is 11.7. The molecule has 3 N–H and O–H groups in total. The number of hydrogen-bond acceptors (Lipinski definition) is 10. The van der Waals surface area contributed by atoms with Gasteiger partial charge in [-0.3, -0.25) is 0 Å². The lowest BCUT2D eigenvalue weighted by molar-refractivity contribution is -0.277. The van der Waals surface area contributed by atoms with Gasteiger partial charge in [-0.05, 0) is 40.6 Å². The molecule has 1 saturated heterocycles. The Hall–Kier alpha value is -3.64. The van der Waals surface area contributed by atoms with E-state index in [1.807, 2.05) is 30.3 Å². The first-order valence-electron chi connectivity index (χ1n) is 10.6. The van der Waals surface area contributed by atoms with Crippen molar-refractivity contribution in [1.29, 1.82) is 0 Å². The highest BCUT2D eigenvalue weighted by Crippen LogP contribution is 2.33. The van der Waals surface area contributed by atoms with E-state index in [0.29, 0.717) is 12.1 Å². The van der Waals surface area contributed by atoms with Crippen LogP contribution >= 0.6 is 0 Å². The molecule has 0 spiro atoms. The molecule has 176 valence electrons. The summed E-state index contributed by atoms with van der Waals surface area (Å²) < 4.78 is 18.3. The van der Waals surface area contributed by atoms with Gasteiger partial charge < -0.3 is 29.2 Å². The van der Waals surface area contributed by atoms with Crippen LogP contribution in [-0.4, -0.2) is 60.1 Å². The van der Waals surface area contributed by atoms with E-state index < -0.39 is 36.3 Å². The third-order valence-corrected chi connectivity index (χ3v) is 5.73. The van der Waals surface area contributed by atoms with Crippen LogP contribution in [0, 0.1) is 6.92 Å². The maximum Gasteiger partial charge on any atom is 0.336 e. The molecule has 1 aliphatic heterocycles. The molecule has 5 atom stereocenters. The monoisotopic (exact) mass is 466 g/mol. The van der Waals surface area contributed by atoms with Crippen LogP contribution in [0.2, 0.25) is 0 Å². The van der Waals surface area contributed by atoms with E-state index in [9.17, 15) is 20.1 Å². The lowest BCUT2D eigenvalue weighted by Gasteiger charge is -2.39. The Balaban J connectivity index is 1.41. The van der Waals surface area contributed by atoms with Crippen LogP contribution in [0.25, 0.3) is 11.0 Å². The Bertz CT molecular complexity index is 1360. The molecule has 5 rings (SSSR count). The van der Waals surface area contributed by atoms with Crippen molar-refractivity contribution in [3.05, 3.63) is 82.0 Å². The van der Waals surface area contributed by atoms with Gasteiger partial charge in [0.25, 0.3) is 0 Å². The Labute approximate surface area is 192 Å². The number of tetrazole rings is 1. The highest BCUT2D eigenvalue weighted by atomic mass is 16.7. The lowest BCUT2D eigenvalue weighted by atomic mass is 9.98. The SMILES string of the molecule is Cc1cc(=O)oc2cc(O[C@@H]3O[C@H](c4nnnn4Cc4ccccc4)[C@@H](O)[C@H](O)[C@H]3O)ccc12. The Morgan fingerprint density at radius 2 is 1.82 bits per heavy atom. The largest absolute Gasteiger partial charge is 0.462 e. The van der Waals surface area contributed by atoms with Gasteiger partial charge in [-0.2, -0.15) is 0 Å². The van der Waals surface area contributed by atoms with Gasteiger partial charge in [-0.15, -0.1) is 5.10 Å². The van der Waals surface area contributed by atoms with Crippen molar-refractivity contribution in [3.63, 3.8) is 0 Å². The number of fused-ring (bicyclic) bond motifs is 1. The molecular formula is C23H22N4O7. The van der Waals surface area contributed by atoms with Gasteiger partial charge in [0.2, 0.25) is 6.29 Å². The van der Waals surface area contributed by atoms with Crippen LogP contribution in [0.15, 0.2) is 63.8 Å². The van der Waals surface area contributed by atoms with Crippen molar-refractivity contribution >= 4 is 11.0 Å². The average molecular weight is 466 g/mol. The molecule has 2 aromatic heterocycles. The van der Waals surface area contributed by atoms with Gasteiger partial charge in [0.1, 0.15) is 29.6 Å². The van der Waals surface area contributed by atoms with E-state index in [4.69, 9.17) is 13.9 Å². The third-order valence-electron chi connectivity index (χ3n) is 5.73. The van der Waals surface area contributed by atoms with Crippen molar-refractivity contribution in [2.45, 2.75) is 44.2 Å². The van der Waals surface area contributed by atoms with Crippen molar-refractivity contribution in [2.75, 3.05) is 0 Å². The molecule has 3 heterocycles. The second-order valence-corrected chi connectivity index (χ2v) is 8.10. The van der Waals surface area contributed by atoms with Crippen LogP contribution in [0.4, 0.5) is 0 Å². The molecular weight excluding hydrogens is 444 g/mol. The van der Waals surface area contributed by atoms with Crippen LogP contribution in [0.5, 0.6) is 5.75 Å². The molecule has 0 amide bonds. The third kappa shape index (κ3) is 4.17. The van der Waals surface area contributed by atoms with E-state index in [-0.39, 0.29) is 11.6 Å². The van der Waals surface area contributed by atoms with Crippen molar-refractivity contribution in [2.24, 2.45) is 0 Å². The fourth-order valence-electron chi connectivity index (χ4n) is 3.96. The Morgan fingerprint density at radius 3 is 2.62 bits per heavy atom. The van der Waals surface area contributed by atoms with Gasteiger partial charge in [-0.1, -0.05) is 30.3 Å². The predicted molar refractivity (Wildman–Crippen MR) is 117 cm³/mol. The molecule has 4 aromatic rings. The summed E-state index contributed by atoms with van der Waals surface area (Å²) in [5.74, 6) is 0.396. The van der Waals surface area contributed by atoms with Crippen molar-refractivity contribution in [3.8, 4) is 5.75 Å². The topological polar surface area (TPSA) is 153 Å². The number of nitrogens with zero attached hydrogens (tertiary/aromatic N) is 4. The van der Waals surface area contributed by atoms with Gasteiger partial charge in [-0.25, -0.2) is 9.48 Å². The van der Waals surface area contributed by atoms with Crippen LogP contribution < -0.4 is 10.4 Å². The number of aliphatic hydroxyl groups is 3. The summed E-state index contributed by atoms with van der Waals surface area (Å²) in [6, 6.07) is 15.6. The average Bonchev–Trinajstić information content (AvgIpc) is 3.27. The second-order valence-electron chi connectivity index (χ2n) is 8.10. The van der Waals surface area contributed by atoms with E-state index in [1.54, 1.807) is 19.1 Å². The molecule has 34 heavy (non-hydrogen) atoms. The van der Waals surface area contributed by atoms with Gasteiger partial charge in [0, 0.05) is 17.5 Å². The zero-order valence-corrected chi connectivity index (χ0v) is 18.1. The molecule has 11 heteroatoms. The number of benzene rings is 2. The quantitative estimate of drug-likeness (QED) is 0.358. The van der Waals surface area contributed by atoms with Gasteiger partial charge >= 0.3 is 5.63 Å². The maximum atomic E-state index is 11.7. The zero-order valence-electron chi connectivity index (χ0n) is 18.1. The number of rotatable bonds is 5. The number of aliphatic hydroxyl groups excluding tert-OH is 3. The summed E-state index contributed by atoms with van der Waals surface area (Å²) in [7, 11) is 0. The summed E-state index contributed by atoms with van der Waals surface area (Å²) in [5.41, 5.74) is 1.47. The minimum absolute atomic E-state index is 0.163. The summed E-state index contributed by atoms with van der Waals surface area (Å²) in [6.45, 7) is 2.10. The Morgan fingerprint density at radius 1 is 1.03 bits per heavy atom. The molecule has 1 aliphatic rings. The lowest BCUT2D eigenvalue weighted by Crippen LogP contribution is -2.56. The molecule has 0 saturated carbocycles. The van der Waals surface area contributed by atoms with Crippen LogP contribution in [-0.2, 0) is 11.3 Å². The zero-order chi connectivity index (χ0) is 23.8. The normalized spacial score (nSPS) is 24.9. The highest BCUT2D eigenvalue weighted by molar-refractivity contribution is 5.81. The highest BCUT2D eigenvalue weighted by Gasteiger charge is 2.47. The molecule has 11 nitrogen and oxygen atoms in total. The fourth-order valence-corrected chi connectivity index (χ4v) is 3.96. The van der Waals surface area contributed by atoms with Crippen molar-refractivity contribution < 1.29 is 29.2 Å². The van der Waals surface area contributed by atoms with E-state index in [0.717, 1.165) is 16.5 Å². The van der Waals surface area contributed by atoms with Crippen LogP contribution in [0.1, 0.15) is 23.1 Å². The Kier molecular flexibility index (Phi) is 5.84. The number of aryl methyl sites for hydroxylation is 1. The molecule has 0 bridgehead atoms. The minimum atomic E-state index is -1.59. The summed E-state index contributed by atoms with van der Waals surface area (Å²) in [5, 5.41) is 43.9. The summed E-state index contributed by atoms with van der Waals surface area (Å²) in [6.07, 6.45) is -7.20. The van der Waals surface area contributed by atoms with Crippen LogP contribution in [0.3, 0.4) is 0 Å². The first-order chi connectivity index (χ1) is 16.4. The molecule has 1 fully saturated rings. The molecule has 0 unspecified atom stereocenters. The fraction of sp³-hybridized carbons (Fsp3) is 0.304. The first kappa shape index (κ1) is 22.2. The molecule has 2 aromatic carbocycles. The maximum absolute atomic E-state index is 11.7. The summed E-state index contributed by atoms with van der Waals surface area (Å²) >= 11 is 0. The number of aromatic nitrogens is 4. The predicted octanol–water partition coefficient (Wildman–Crippen LogP) is 0.695. The number of ether oxygens (including phenoxy) is 2. The molecule has 0 radical (unpaired) electrons. The molecule has 0 aliphatic carbocycles. The van der Waals surface area contributed by atoms with Crippen molar-refractivity contribution in [1.82, 2.24) is 20.2 Å². The standard InChI is InChI=1S/C23H22N4O7/c1-12-9-17(28)33-16-10-14(7-8-15(12)16)32-23-20(31)18(29)19(30)21(34-23)22-24-25-26-27(22)11-13-5-3-2-4-6-13/h2-10,18-21,23,29-31H,11H2,1H3/t18-,19-,20+,21-,23+/m0/s1. The minimum Gasteiger partial charge on any atom is -0.462 e. The smallest absolute Gasteiger partial charge is 0.336 e. The first-order valence-corrected chi connectivity index (χ1v) is 10.6. The number of hydrogen-bond donors (Lipinski definition) is 3. The van der Waals surface area contributed by atoms with Gasteiger partial charge in [0.15, 0.2) is 11.9 Å².